The molecule has 0 unspecified atom stereocenters. The molecule has 1 saturated carbocycles. The Morgan fingerprint density at radius 1 is 1.03 bits per heavy atom. The quantitative estimate of drug-likeness (QED) is 0.300. The van der Waals surface area contributed by atoms with E-state index in [1.165, 1.54) is 54.9 Å². The van der Waals surface area contributed by atoms with E-state index in [2.05, 4.69) is 67.6 Å². The zero-order valence-electron chi connectivity index (χ0n) is 19.6. The summed E-state index contributed by atoms with van der Waals surface area (Å²) in [4.78, 5) is 12.0. The van der Waals surface area contributed by atoms with Crippen LogP contribution in [0.3, 0.4) is 0 Å². The van der Waals surface area contributed by atoms with Crippen LogP contribution in [0.1, 0.15) is 76.3 Å². The van der Waals surface area contributed by atoms with Gasteiger partial charge in [0.05, 0.1) is 0 Å². The summed E-state index contributed by atoms with van der Waals surface area (Å²) in [5, 5.41) is 0. The minimum Gasteiger partial charge on any atom is -0.462 e. The summed E-state index contributed by atoms with van der Waals surface area (Å²) in [5.41, 5.74) is 6.51. The lowest BCUT2D eigenvalue weighted by molar-refractivity contribution is -0.148. The smallest absolute Gasteiger partial charge is 0.302 e. The first-order valence-electron chi connectivity index (χ1n) is 12.3. The van der Waals surface area contributed by atoms with Gasteiger partial charge in [-0.15, -0.1) is 0 Å². The summed E-state index contributed by atoms with van der Waals surface area (Å²) in [7, 11) is 0. The predicted octanol–water partition coefficient (Wildman–Crippen LogP) is 7.86. The van der Waals surface area contributed by atoms with Gasteiger partial charge in [-0.3, -0.25) is 4.79 Å². The van der Waals surface area contributed by atoms with Crippen LogP contribution in [0.25, 0.3) is 11.1 Å². The lowest BCUT2D eigenvalue weighted by atomic mass is 9.66. The van der Waals surface area contributed by atoms with E-state index in [9.17, 15) is 4.79 Å². The van der Waals surface area contributed by atoms with E-state index in [4.69, 9.17) is 11.3 Å². The highest BCUT2D eigenvalue weighted by Crippen LogP contribution is 2.66. The van der Waals surface area contributed by atoms with Crippen molar-refractivity contribution in [3.05, 3.63) is 83.9 Å². The second-order valence-electron chi connectivity index (χ2n) is 9.47. The van der Waals surface area contributed by atoms with Crippen molar-refractivity contribution in [1.29, 1.82) is 0 Å². The molecule has 168 valence electrons. The number of rotatable bonds is 9. The van der Waals surface area contributed by atoms with Gasteiger partial charge in [-0.05, 0) is 54.4 Å². The van der Waals surface area contributed by atoms with E-state index in [1.54, 1.807) is 5.57 Å². The number of benzene rings is 2. The fourth-order valence-electron chi connectivity index (χ4n) is 6.21. The van der Waals surface area contributed by atoms with Gasteiger partial charge >= 0.3 is 5.97 Å². The van der Waals surface area contributed by atoms with Crippen LogP contribution in [-0.4, -0.2) is 12.1 Å². The molecule has 2 aromatic rings. The third kappa shape index (κ3) is 4.20. The second kappa shape index (κ2) is 9.90. The molecule has 32 heavy (non-hydrogen) atoms. The monoisotopic (exact) mass is 428 g/mol. The Labute approximate surface area is 193 Å². The van der Waals surface area contributed by atoms with E-state index in [1.807, 2.05) is 0 Å². The van der Waals surface area contributed by atoms with Gasteiger partial charge in [0.2, 0.25) is 0 Å². The average molecular weight is 429 g/mol. The van der Waals surface area contributed by atoms with E-state index in [0.29, 0.717) is 0 Å². The van der Waals surface area contributed by atoms with Crippen molar-refractivity contribution in [3.63, 3.8) is 0 Å². The molecule has 2 aliphatic rings. The van der Waals surface area contributed by atoms with Crippen LogP contribution >= 0.6 is 0 Å². The number of unbranched alkanes of at least 4 members (excludes halogenated alkanes) is 3. The maximum absolute atomic E-state index is 12.0. The first-order chi connectivity index (χ1) is 15.6. The van der Waals surface area contributed by atoms with Crippen molar-refractivity contribution in [2.45, 2.75) is 71.3 Å². The van der Waals surface area contributed by atoms with E-state index in [-0.39, 0.29) is 23.4 Å². The van der Waals surface area contributed by atoms with Crippen LogP contribution < -0.4 is 0 Å². The Bertz CT molecular complexity index is 972. The largest absolute Gasteiger partial charge is 0.462 e. The van der Waals surface area contributed by atoms with Gasteiger partial charge in [0.15, 0.2) is 0 Å². The summed E-state index contributed by atoms with van der Waals surface area (Å²) < 4.78 is 5.91. The molecule has 0 aromatic heterocycles. The number of hydrogen-bond donors (Lipinski definition) is 0. The van der Waals surface area contributed by atoms with Gasteiger partial charge in [0.25, 0.3) is 0 Å². The number of esters is 1. The molecule has 2 aliphatic carbocycles. The molecule has 0 saturated heterocycles. The fraction of sp³-hybridized carbons (Fsp3) is 0.433. The SMILES string of the molecule is C=C(c1ccccc1)[C@@]12CC[C@@H](OC(C)=O)[C@@H]1CC(CCCCCC)=C2c1ccccc1. The summed E-state index contributed by atoms with van der Waals surface area (Å²) in [6.07, 6.45) is 8.98. The van der Waals surface area contributed by atoms with Crippen molar-refractivity contribution >= 4 is 17.1 Å². The molecule has 2 aromatic carbocycles. The first kappa shape index (κ1) is 22.6. The first-order valence-corrected chi connectivity index (χ1v) is 12.3. The predicted molar refractivity (Wildman–Crippen MR) is 133 cm³/mol. The van der Waals surface area contributed by atoms with Gasteiger partial charge in [-0.25, -0.2) is 0 Å². The minimum atomic E-state index is -0.178. The lowest BCUT2D eigenvalue weighted by Crippen LogP contribution is -2.31. The van der Waals surface area contributed by atoms with Crippen molar-refractivity contribution in [3.8, 4) is 0 Å². The maximum atomic E-state index is 12.0. The van der Waals surface area contributed by atoms with Gasteiger partial charge in [0, 0.05) is 18.3 Å². The molecular formula is C30H36O2. The van der Waals surface area contributed by atoms with Gasteiger partial charge in [-0.2, -0.15) is 0 Å². The summed E-state index contributed by atoms with van der Waals surface area (Å²) in [5.74, 6) is 0.0873. The van der Waals surface area contributed by atoms with Crippen molar-refractivity contribution in [2.24, 2.45) is 11.3 Å². The Balaban J connectivity index is 1.81. The molecule has 0 radical (unpaired) electrons. The molecule has 0 aliphatic heterocycles. The maximum Gasteiger partial charge on any atom is 0.302 e. The standard InChI is InChI=1S/C30H36O2/c1-4-5-6-9-18-26-21-27-28(32-23(3)31)19-20-30(27,22(2)24-14-10-7-11-15-24)29(26)25-16-12-8-13-17-25/h7-8,10-17,27-28H,2,4-6,9,18-21H2,1,3H3/t27-,28+,30-/m0/s1. The molecule has 4 rings (SSSR count). The summed E-state index contributed by atoms with van der Waals surface area (Å²) in [6, 6.07) is 21.5. The van der Waals surface area contributed by atoms with Crippen LogP contribution in [-0.2, 0) is 9.53 Å². The minimum absolute atomic E-state index is 0.0418. The van der Waals surface area contributed by atoms with Crippen LogP contribution in [0.15, 0.2) is 72.8 Å². The third-order valence-corrected chi connectivity index (χ3v) is 7.54. The van der Waals surface area contributed by atoms with Crippen molar-refractivity contribution < 1.29 is 9.53 Å². The van der Waals surface area contributed by atoms with Crippen LogP contribution in [0, 0.1) is 11.3 Å². The number of ether oxygens (including phenoxy) is 1. The molecule has 3 atom stereocenters. The highest BCUT2D eigenvalue weighted by molar-refractivity contribution is 5.90. The third-order valence-electron chi connectivity index (χ3n) is 7.54. The van der Waals surface area contributed by atoms with Gasteiger partial charge in [-0.1, -0.05) is 99.0 Å². The van der Waals surface area contributed by atoms with Crippen LogP contribution in [0.2, 0.25) is 0 Å². The van der Waals surface area contributed by atoms with E-state index >= 15 is 0 Å². The Morgan fingerprint density at radius 2 is 1.72 bits per heavy atom. The second-order valence-corrected chi connectivity index (χ2v) is 9.47. The number of fused-ring (bicyclic) bond motifs is 1. The molecule has 1 fully saturated rings. The molecule has 0 N–H and O–H groups in total. The van der Waals surface area contributed by atoms with Gasteiger partial charge < -0.3 is 4.74 Å². The summed E-state index contributed by atoms with van der Waals surface area (Å²) in [6.45, 7) is 8.50. The molecule has 0 amide bonds. The molecule has 0 spiro atoms. The Kier molecular flexibility index (Phi) is 6.98. The Hall–Kier alpha value is -2.61. The fourth-order valence-corrected chi connectivity index (χ4v) is 6.21. The lowest BCUT2D eigenvalue weighted by Gasteiger charge is -2.37. The van der Waals surface area contributed by atoms with Crippen molar-refractivity contribution in [2.75, 3.05) is 0 Å². The average Bonchev–Trinajstić information content (AvgIpc) is 3.32. The highest BCUT2D eigenvalue weighted by Gasteiger charge is 2.58. The molecule has 0 bridgehead atoms. The zero-order valence-corrected chi connectivity index (χ0v) is 19.6. The molecule has 2 nitrogen and oxygen atoms in total. The number of carbonyl (C=O) groups is 1. The van der Waals surface area contributed by atoms with Crippen LogP contribution in [0.5, 0.6) is 0 Å². The highest BCUT2D eigenvalue weighted by atomic mass is 16.5. The van der Waals surface area contributed by atoms with E-state index in [0.717, 1.165) is 25.7 Å². The topological polar surface area (TPSA) is 26.3 Å². The zero-order chi connectivity index (χ0) is 22.6. The van der Waals surface area contributed by atoms with Crippen molar-refractivity contribution in [1.82, 2.24) is 0 Å². The summed E-state index contributed by atoms with van der Waals surface area (Å²) >= 11 is 0. The normalized spacial score (nSPS) is 24.4. The molecular weight excluding hydrogens is 392 g/mol. The number of hydrogen-bond acceptors (Lipinski definition) is 2. The number of allylic oxidation sites excluding steroid dienone is 3. The number of carbonyl (C=O) groups excluding carboxylic acids is 1. The van der Waals surface area contributed by atoms with E-state index < -0.39 is 0 Å². The molecule has 0 heterocycles. The Morgan fingerprint density at radius 3 is 2.38 bits per heavy atom. The van der Waals surface area contributed by atoms with Gasteiger partial charge in [0.1, 0.15) is 6.10 Å². The molecule has 2 heteroatoms. The van der Waals surface area contributed by atoms with Crippen LogP contribution in [0.4, 0.5) is 0 Å².